The first-order valence-electron chi connectivity index (χ1n) is 7.67. The van der Waals surface area contributed by atoms with Crippen LogP contribution in [-0.4, -0.2) is 42.1 Å². The molecule has 7 heteroatoms. The molecule has 3 aliphatic rings. The molecule has 4 rings (SSSR count). The molecule has 1 unspecified atom stereocenters. The Bertz CT molecular complexity index is 795. The van der Waals surface area contributed by atoms with Gasteiger partial charge in [0.2, 0.25) is 0 Å². The molecule has 124 valence electrons. The van der Waals surface area contributed by atoms with Crippen molar-refractivity contribution >= 4 is 17.6 Å². The van der Waals surface area contributed by atoms with E-state index in [0.717, 1.165) is 17.7 Å². The maximum absolute atomic E-state index is 13.0. The maximum Gasteiger partial charge on any atom is 0.416 e. The first-order valence-corrected chi connectivity index (χ1v) is 7.67. The van der Waals surface area contributed by atoms with Gasteiger partial charge in [-0.05, 0) is 24.6 Å². The predicted octanol–water partition coefficient (Wildman–Crippen LogP) is 3.51. The van der Waals surface area contributed by atoms with Crippen molar-refractivity contribution in [3.8, 4) is 0 Å². The molecular formula is C17H14F3N3O. The number of nitrogens with zero attached hydrogens (tertiary/aromatic N) is 3. The highest BCUT2D eigenvalue weighted by Crippen LogP contribution is 2.36. The van der Waals surface area contributed by atoms with Crippen molar-refractivity contribution in [1.82, 2.24) is 4.90 Å². The van der Waals surface area contributed by atoms with Crippen molar-refractivity contribution in [3.05, 3.63) is 53.6 Å². The van der Waals surface area contributed by atoms with E-state index in [-0.39, 0.29) is 6.03 Å². The summed E-state index contributed by atoms with van der Waals surface area (Å²) in [5.41, 5.74) is 0.675. The van der Waals surface area contributed by atoms with E-state index in [1.54, 1.807) is 17.0 Å². The molecule has 1 aliphatic carbocycles. The zero-order chi connectivity index (χ0) is 16.9. The summed E-state index contributed by atoms with van der Waals surface area (Å²) in [5.74, 6) is 0.609. The predicted molar refractivity (Wildman–Crippen MR) is 84.1 cm³/mol. The minimum Gasteiger partial charge on any atom is -0.286 e. The van der Waals surface area contributed by atoms with E-state index in [1.165, 1.54) is 11.0 Å². The molecule has 2 amide bonds. The fraction of sp³-hybridized carbons (Fsp3) is 0.294. The van der Waals surface area contributed by atoms with E-state index in [9.17, 15) is 18.0 Å². The molecule has 0 radical (unpaired) electrons. The lowest BCUT2D eigenvalue weighted by Gasteiger charge is -2.39. The summed E-state index contributed by atoms with van der Waals surface area (Å²) >= 11 is 0. The number of aliphatic imine (C=N–C) groups is 1. The molecule has 2 aliphatic heterocycles. The normalized spacial score (nSPS) is 23.0. The molecule has 1 aromatic carbocycles. The average molecular weight is 333 g/mol. The van der Waals surface area contributed by atoms with Crippen molar-refractivity contribution in [2.45, 2.75) is 18.6 Å². The van der Waals surface area contributed by atoms with Crippen molar-refractivity contribution in [1.29, 1.82) is 0 Å². The Morgan fingerprint density at radius 1 is 1.21 bits per heavy atom. The molecule has 4 nitrogen and oxygen atoms in total. The van der Waals surface area contributed by atoms with Gasteiger partial charge in [-0.2, -0.15) is 13.2 Å². The molecule has 1 atom stereocenters. The van der Waals surface area contributed by atoms with Gasteiger partial charge < -0.3 is 0 Å². The van der Waals surface area contributed by atoms with E-state index in [4.69, 9.17) is 0 Å². The van der Waals surface area contributed by atoms with Crippen LogP contribution in [0.15, 0.2) is 53.1 Å². The van der Waals surface area contributed by atoms with Crippen LogP contribution in [0, 0.1) is 0 Å². The molecule has 0 aromatic heterocycles. The smallest absolute Gasteiger partial charge is 0.286 e. The molecule has 0 N–H and O–H groups in total. The quantitative estimate of drug-likeness (QED) is 0.775. The monoisotopic (exact) mass is 333 g/mol. The Morgan fingerprint density at radius 2 is 2.00 bits per heavy atom. The third-order valence-corrected chi connectivity index (χ3v) is 4.39. The number of urea groups is 1. The van der Waals surface area contributed by atoms with Gasteiger partial charge in [0.1, 0.15) is 5.84 Å². The van der Waals surface area contributed by atoms with Crippen LogP contribution in [0.1, 0.15) is 12.0 Å². The fourth-order valence-electron chi connectivity index (χ4n) is 3.32. The van der Waals surface area contributed by atoms with Gasteiger partial charge in [0.25, 0.3) is 0 Å². The molecule has 1 aromatic rings. The number of fused-ring (bicyclic) bond motifs is 3. The van der Waals surface area contributed by atoms with E-state index in [2.05, 4.69) is 4.99 Å². The van der Waals surface area contributed by atoms with E-state index in [0.29, 0.717) is 31.0 Å². The molecule has 0 saturated carbocycles. The van der Waals surface area contributed by atoms with Gasteiger partial charge >= 0.3 is 12.2 Å². The van der Waals surface area contributed by atoms with Crippen molar-refractivity contribution in [2.24, 2.45) is 4.99 Å². The van der Waals surface area contributed by atoms with Crippen LogP contribution >= 0.6 is 0 Å². The van der Waals surface area contributed by atoms with Gasteiger partial charge in [0.05, 0.1) is 23.8 Å². The summed E-state index contributed by atoms with van der Waals surface area (Å²) in [5, 5.41) is 0. The van der Waals surface area contributed by atoms with Crippen molar-refractivity contribution < 1.29 is 18.0 Å². The largest absolute Gasteiger partial charge is 0.416 e. The second kappa shape index (κ2) is 5.22. The average Bonchev–Trinajstić information content (AvgIpc) is 3.05. The van der Waals surface area contributed by atoms with Crippen LogP contribution in [-0.2, 0) is 0 Å². The molecular weight excluding hydrogens is 319 g/mol. The Morgan fingerprint density at radius 3 is 2.79 bits per heavy atom. The number of amidine groups is 1. The number of carbonyl (C=O) groups excluding carboxylic acids is 1. The summed E-state index contributed by atoms with van der Waals surface area (Å²) in [6, 6.07) is 6.23. The lowest BCUT2D eigenvalue weighted by molar-refractivity contribution is -0.0887. The zero-order valence-electron chi connectivity index (χ0n) is 12.6. The Labute approximate surface area is 136 Å². The van der Waals surface area contributed by atoms with Gasteiger partial charge in [-0.3, -0.25) is 14.8 Å². The third-order valence-electron chi connectivity index (χ3n) is 4.39. The number of allylic oxidation sites excluding steroid dienone is 2. The van der Waals surface area contributed by atoms with Crippen LogP contribution in [0.3, 0.4) is 0 Å². The minimum atomic E-state index is -4.42. The number of rotatable bonds is 1. The second-order valence-corrected chi connectivity index (χ2v) is 5.85. The van der Waals surface area contributed by atoms with Crippen molar-refractivity contribution in [2.75, 3.05) is 18.0 Å². The lowest BCUT2D eigenvalue weighted by Crippen LogP contribution is -2.53. The molecule has 0 saturated heterocycles. The molecule has 0 spiro atoms. The van der Waals surface area contributed by atoms with Gasteiger partial charge in [0, 0.05) is 12.1 Å². The van der Waals surface area contributed by atoms with Crippen LogP contribution < -0.4 is 4.90 Å². The second-order valence-electron chi connectivity index (χ2n) is 5.85. The first kappa shape index (κ1) is 15.0. The summed E-state index contributed by atoms with van der Waals surface area (Å²) in [7, 11) is 0. The number of benzene rings is 1. The SMILES string of the molecule is O=C1N2CCN=C2c2ccccc2N1C1C=C(C(F)(F)F)C=CC1. The Kier molecular flexibility index (Phi) is 3.26. The van der Waals surface area contributed by atoms with Gasteiger partial charge in [0.15, 0.2) is 0 Å². The number of hydrogen-bond donors (Lipinski definition) is 0. The summed E-state index contributed by atoms with van der Waals surface area (Å²) in [6.45, 7) is 0.967. The van der Waals surface area contributed by atoms with Crippen LogP contribution in [0.25, 0.3) is 0 Å². The lowest BCUT2D eigenvalue weighted by atomic mass is 9.98. The summed E-state index contributed by atoms with van der Waals surface area (Å²) < 4.78 is 39.1. The van der Waals surface area contributed by atoms with Gasteiger partial charge in [-0.1, -0.05) is 24.3 Å². The van der Waals surface area contributed by atoms with E-state index in [1.807, 2.05) is 12.1 Å². The number of amides is 2. The summed E-state index contributed by atoms with van der Waals surface area (Å²) in [4.78, 5) is 20.2. The van der Waals surface area contributed by atoms with Gasteiger partial charge in [-0.15, -0.1) is 0 Å². The van der Waals surface area contributed by atoms with Crippen LogP contribution in [0.5, 0.6) is 0 Å². The summed E-state index contributed by atoms with van der Waals surface area (Å²) in [6.07, 6.45) is -0.406. The number of halogens is 3. The number of alkyl halides is 3. The molecule has 2 heterocycles. The Balaban J connectivity index is 1.80. The number of hydrogen-bond acceptors (Lipinski definition) is 2. The van der Waals surface area contributed by atoms with Gasteiger partial charge in [-0.25, -0.2) is 4.79 Å². The minimum absolute atomic E-state index is 0.317. The Hall–Kier alpha value is -2.57. The molecule has 0 bridgehead atoms. The highest BCUT2D eigenvalue weighted by Gasteiger charge is 2.41. The van der Waals surface area contributed by atoms with Crippen LogP contribution in [0.2, 0.25) is 0 Å². The number of para-hydroxylation sites is 1. The molecule has 24 heavy (non-hydrogen) atoms. The first-order chi connectivity index (χ1) is 11.5. The highest BCUT2D eigenvalue weighted by molar-refractivity contribution is 6.20. The fourth-order valence-corrected chi connectivity index (χ4v) is 3.32. The zero-order valence-corrected chi connectivity index (χ0v) is 12.6. The van der Waals surface area contributed by atoms with Crippen molar-refractivity contribution in [3.63, 3.8) is 0 Å². The van der Waals surface area contributed by atoms with E-state index < -0.39 is 17.8 Å². The highest BCUT2D eigenvalue weighted by atomic mass is 19.4. The third kappa shape index (κ3) is 2.23. The van der Waals surface area contributed by atoms with E-state index >= 15 is 0 Å². The topological polar surface area (TPSA) is 35.9 Å². The van der Waals surface area contributed by atoms with Crippen LogP contribution in [0.4, 0.5) is 23.7 Å². The standard InChI is InChI=1S/C17H14F3N3O/c18-17(19,20)11-4-3-5-12(10-11)23-14-7-2-1-6-13(14)15-21-8-9-22(15)16(23)24/h1-4,6-7,10,12H,5,8-9H2. The number of anilines is 1. The maximum atomic E-state index is 13.0. The molecule has 0 fully saturated rings. The number of carbonyl (C=O) groups is 1.